The average molecular weight is 362 g/mol. The molecule has 2 aromatic carbocycles. The second kappa shape index (κ2) is 6.87. The minimum atomic E-state index is -0.00876. The van der Waals surface area contributed by atoms with Crippen LogP contribution in [0.3, 0.4) is 0 Å². The molecule has 2 amide bonds. The second-order valence-corrected chi connectivity index (χ2v) is 6.96. The topological polar surface area (TPSA) is 58.4 Å². The second-order valence-electron chi connectivity index (χ2n) is 6.96. The summed E-state index contributed by atoms with van der Waals surface area (Å²) in [6, 6.07) is 13.2. The fraction of sp³-hybridized carbons (Fsp3) is 0.286. The largest absolute Gasteiger partial charge is 0.335 e. The summed E-state index contributed by atoms with van der Waals surface area (Å²) < 4.78 is 1.93. The lowest BCUT2D eigenvalue weighted by Gasteiger charge is -2.35. The number of rotatable bonds is 2. The van der Waals surface area contributed by atoms with Gasteiger partial charge in [-0.2, -0.15) is 0 Å². The molecule has 0 bridgehead atoms. The van der Waals surface area contributed by atoms with Crippen molar-refractivity contribution >= 4 is 22.8 Å². The van der Waals surface area contributed by atoms with Crippen LogP contribution in [0.25, 0.3) is 11.0 Å². The highest BCUT2D eigenvalue weighted by atomic mass is 16.2. The standard InChI is InChI=1S/C21H22N4O2/c1-15-5-3-4-6-17(15)21(27)25-11-9-24(10-12-25)20(26)16-7-8-19-18(13-16)22-14-23(19)2/h3-8,13-14H,9-12H2,1-2H3. The van der Waals surface area contributed by atoms with Gasteiger partial charge in [0, 0.05) is 44.4 Å². The molecule has 0 radical (unpaired) electrons. The zero-order valence-corrected chi connectivity index (χ0v) is 15.6. The van der Waals surface area contributed by atoms with E-state index in [0.29, 0.717) is 31.7 Å². The van der Waals surface area contributed by atoms with E-state index in [1.807, 2.05) is 70.8 Å². The van der Waals surface area contributed by atoms with Crippen molar-refractivity contribution in [2.24, 2.45) is 7.05 Å². The van der Waals surface area contributed by atoms with Crippen molar-refractivity contribution in [3.63, 3.8) is 0 Å². The lowest BCUT2D eigenvalue weighted by atomic mass is 10.1. The number of aryl methyl sites for hydroxylation is 2. The molecule has 0 unspecified atom stereocenters. The first-order chi connectivity index (χ1) is 13.0. The molecule has 1 fully saturated rings. The van der Waals surface area contributed by atoms with Gasteiger partial charge in [-0.3, -0.25) is 9.59 Å². The molecule has 6 heteroatoms. The van der Waals surface area contributed by atoms with Crippen LogP contribution in [0.2, 0.25) is 0 Å². The number of aromatic nitrogens is 2. The lowest BCUT2D eigenvalue weighted by molar-refractivity contribution is 0.0535. The summed E-state index contributed by atoms with van der Waals surface area (Å²) in [6.07, 6.45) is 1.74. The van der Waals surface area contributed by atoms with Gasteiger partial charge in [0.25, 0.3) is 11.8 Å². The first-order valence-corrected chi connectivity index (χ1v) is 9.10. The van der Waals surface area contributed by atoms with Crippen LogP contribution in [-0.2, 0) is 7.05 Å². The zero-order valence-electron chi connectivity index (χ0n) is 15.6. The molecule has 4 rings (SSSR count). The van der Waals surface area contributed by atoms with Gasteiger partial charge in [-0.1, -0.05) is 18.2 Å². The summed E-state index contributed by atoms with van der Waals surface area (Å²) in [5, 5.41) is 0. The molecular formula is C21H22N4O2. The zero-order chi connectivity index (χ0) is 19.0. The Hall–Kier alpha value is -3.15. The van der Waals surface area contributed by atoms with Crippen LogP contribution in [0, 0.1) is 6.92 Å². The van der Waals surface area contributed by atoms with E-state index in [4.69, 9.17) is 0 Å². The molecule has 0 N–H and O–H groups in total. The van der Waals surface area contributed by atoms with Gasteiger partial charge in [0.05, 0.1) is 17.4 Å². The Labute approximate surface area is 158 Å². The SMILES string of the molecule is Cc1ccccc1C(=O)N1CCN(C(=O)c2ccc3c(c2)ncn3C)CC1. The number of benzene rings is 2. The molecule has 1 aromatic heterocycles. The summed E-state index contributed by atoms with van der Waals surface area (Å²) >= 11 is 0. The molecule has 2 heterocycles. The number of hydrogen-bond acceptors (Lipinski definition) is 3. The van der Waals surface area contributed by atoms with Crippen molar-refractivity contribution in [2.45, 2.75) is 6.92 Å². The summed E-state index contributed by atoms with van der Waals surface area (Å²) in [5.41, 5.74) is 4.17. The molecule has 6 nitrogen and oxygen atoms in total. The number of imidazole rings is 1. The number of nitrogens with zero attached hydrogens (tertiary/aromatic N) is 4. The molecule has 1 aliphatic rings. The predicted molar refractivity (Wildman–Crippen MR) is 104 cm³/mol. The molecule has 138 valence electrons. The first kappa shape index (κ1) is 17.3. The third kappa shape index (κ3) is 3.18. The van der Waals surface area contributed by atoms with E-state index in [-0.39, 0.29) is 11.8 Å². The predicted octanol–water partition coefficient (Wildman–Crippen LogP) is 2.48. The number of amides is 2. The number of carbonyl (C=O) groups excluding carboxylic acids is 2. The third-order valence-electron chi connectivity index (χ3n) is 5.20. The van der Waals surface area contributed by atoms with Crippen LogP contribution in [0.5, 0.6) is 0 Å². The molecule has 1 saturated heterocycles. The van der Waals surface area contributed by atoms with Crippen LogP contribution in [0.15, 0.2) is 48.8 Å². The summed E-state index contributed by atoms with van der Waals surface area (Å²) in [6.45, 7) is 4.11. The molecular weight excluding hydrogens is 340 g/mol. The number of carbonyl (C=O) groups is 2. The summed E-state index contributed by atoms with van der Waals surface area (Å²) in [5.74, 6) is 0.0284. The maximum Gasteiger partial charge on any atom is 0.254 e. The van der Waals surface area contributed by atoms with Gasteiger partial charge in [-0.25, -0.2) is 4.98 Å². The van der Waals surface area contributed by atoms with Crippen molar-refractivity contribution < 1.29 is 9.59 Å². The van der Waals surface area contributed by atoms with Crippen molar-refractivity contribution in [1.29, 1.82) is 0 Å². The van der Waals surface area contributed by atoms with Gasteiger partial charge >= 0.3 is 0 Å². The summed E-state index contributed by atoms with van der Waals surface area (Å²) in [4.78, 5) is 33.5. The maximum absolute atomic E-state index is 12.8. The van der Waals surface area contributed by atoms with E-state index in [1.165, 1.54) is 0 Å². The third-order valence-corrected chi connectivity index (χ3v) is 5.20. The minimum Gasteiger partial charge on any atom is -0.335 e. The normalized spacial score (nSPS) is 14.6. The monoisotopic (exact) mass is 362 g/mol. The molecule has 3 aromatic rings. The number of fused-ring (bicyclic) bond motifs is 1. The van der Waals surface area contributed by atoms with E-state index in [0.717, 1.165) is 22.2 Å². The van der Waals surface area contributed by atoms with E-state index < -0.39 is 0 Å². The molecule has 0 spiro atoms. The maximum atomic E-state index is 12.8. The number of piperazine rings is 1. The van der Waals surface area contributed by atoms with Crippen molar-refractivity contribution in [3.05, 3.63) is 65.5 Å². The van der Waals surface area contributed by atoms with Gasteiger partial charge in [0.15, 0.2) is 0 Å². The molecule has 1 aliphatic heterocycles. The Bertz CT molecular complexity index is 1020. The van der Waals surface area contributed by atoms with Crippen molar-refractivity contribution in [3.8, 4) is 0 Å². The fourth-order valence-electron chi connectivity index (χ4n) is 3.55. The Morgan fingerprint density at radius 3 is 2.30 bits per heavy atom. The van der Waals surface area contributed by atoms with Gasteiger partial charge in [0.2, 0.25) is 0 Å². The van der Waals surface area contributed by atoms with Crippen LogP contribution in [-0.4, -0.2) is 57.3 Å². The Kier molecular flexibility index (Phi) is 4.39. The smallest absolute Gasteiger partial charge is 0.254 e. The number of hydrogen-bond donors (Lipinski definition) is 0. The van der Waals surface area contributed by atoms with Crippen LogP contribution in [0.4, 0.5) is 0 Å². The highest BCUT2D eigenvalue weighted by molar-refractivity contribution is 5.98. The first-order valence-electron chi connectivity index (χ1n) is 9.10. The van der Waals surface area contributed by atoms with Gasteiger partial charge in [-0.05, 0) is 36.8 Å². The van der Waals surface area contributed by atoms with E-state index in [2.05, 4.69) is 4.98 Å². The molecule has 0 aliphatic carbocycles. The van der Waals surface area contributed by atoms with E-state index in [1.54, 1.807) is 6.33 Å². The minimum absolute atomic E-state index is 0.00876. The molecule has 27 heavy (non-hydrogen) atoms. The van der Waals surface area contributed by atoms with Crippen LogP contribution < -0.4 is 0 Å². The van der Waals surface area contributed by atoms with Gasteiger partial charge in [-0.15, -0.1) is 0 Å². The van der Waals surface area contributed by atoms with E-state index in [9.17, 15) is 9.59 Å². The average Bonchev–Trinajstić information content (AvgIpc) is 3.08. The Balaban J connectivity index is 1.44. The van der Waals surface area contributed by atoms with Crippen LogP contribution in [0.1, 0.15) is 26.3 Å². The van der Waals surface area contributed by atoms with Gasteiger partial charge in [0.1, 0.15) is 0 Å². The van der Waals surface area contributed by atoms with Crippen LogP contribution >= 0.6 is 0 Å². The summed E-state index contributed by atoms with van der Waals surface area (Å²) in [7, 11) is 1.93. The van der Waals surface area contributed by atoms with Crippen molar-refractivity contribution in [2.75, 3.05) is 26.2 Å². The van der Waals surface area contributed by atoms with E-state index >= 15 is 0 Å². The van der Waals surface area contributed by atoms with Gasteiger partial charge < -0.3 is 14.4 Å². The highest BCUT2D eigenvalue weighted by Gasteiger charge is 2.26. The fourth-order valence-corrected chi connectivity index (χ4v) is 3.55. The highest BCUT2D eigenvalue weighted by Crippen LogP contribution is 2.17. The quantitative estimate of drug-likeness (QED) is 0.704. The Morgan fingerprint density at radius 2 is 1.59 bits per heavy atom. The van der Waals surface area contributed by atoms with Crippen molar-refractivity contribution in [1.82, 2.24) is 19.4 Å². The molecule has 0 saturated carbocycles. The molecule has 0 atom stereocenters. The lowest BCUT2D eigenvalue weighted by Crippen LogP contribution is -2.50. The Morgan fingerprint density at radius 1 is 0.926 bits per heavy atom.